The summed E-state index contributed by atoms with van der Waals surface area (Å²) in [7, 11) is 5.19. The molecule has 2 aliphatic heterocycles. The highest BCUT2D eigenvalue weighted by Gasteiger charge is 2.59. The number of aryl methyl sites for hydroxylation is 2. The zero-order chi connectivity index (χ0) is 32.3. The van der Waals surface area contributed by atoms with E-state index in [0.717, 1.165) is 47.2 Å². The summed E-state index contributed by atoms with van der Waals surface area (Å²) >= 11 is 0. The van der Waals surface area contributed by atoms with Gasteiger partial charge in [-0.3, -0.25) is 9.59 Å². The highest BCUT2D eigenvalue weighted by molar-refractivity contribution is 6.00. The molecule has 2 fully saturated rings. The predicted octanol–water partition coefficient (Wildman–Crippen LogP) is 4.27. The van der Waals surface area contributed by atoms with Gasteiger partial charge in [0.25, 0.3) is 5.91 Å². The van der Waals surface area contributed by atoms with Gasteiger partial charge in [-0.1, -0.05) is 12.8 Å². The van der Waals surface area contributed by atoms with Crippen molar-refractivity contribution in [1.82, 2.24) is 29.3 Å². The summed E-state index contributed by atoms with van der Waals surface area (Å²) in [5, 5.41) is 3.95. The van der Waals surface area contributed by atoms with Crippen molar-refractivity contribution >= 4 is 33.9 Å². The first kappa shape index (κ1) is 30.6. The van der Waals surface area contributed by atoms with Gasteiger partial charge in [-0.15, -0.1) is 0 Å². The first-order valence-corrected chi connectivity index (χ1v) is 16.2. The molecule has 12 heteroatoms. The zero-order valence-electron chi connectivity index (χ0n) is 26.9. The average Bonchev–Trinajstić information content (AvgIpc) is 3.43. The van der Waals surface area contributed by atoms with Crippen LogP contribution < -0.4 is 15.8 Å². The van der Waals surface area contributed by atoms with Crippen LogP contribution in [0, 0.1) is 5.92 Å². The van der Waals surface area contributed by atoms with E-state index in [1.54, 1.807) is 25.2 Å². The van der Waals surface area contributed by atoms with Gasteiger partial charge in [-0.05, 0) is 62.9 Å². The average molecular weight is 632 g/mol. The number of ether oxygens (including phenoxy) is 2. The maximum atomic E-state index is 15.2. The Kier molecular flexibility index (Phi) is 7.75. The van der Waals surface area contributed by atoms with E-state index < -0.39 is 11.6 Å². The van der Waals surface area contributed by atoms with Gasteiger partial charge < -0.3 is 34.6 Å². The quantitative estimate of drug-likeness (QED) is 0.344. The van der Waals surface area contributed by atoms with Crippen molar-refractivity contribution in [2.45, 2.75) is 75.8 Å². The number of fused-ring (bicyclic) bond motifs is 3. The summed E-state index contributed by atoms with van der Waals surface area (Å²) in [5.74, 6) is 0.345. The summed E-state index contributed by atoms with van der Waals surface area (Å²) in [6.45, 7) is 3.54. The van der Waals surface area contributed by atoms with Gasteiger partial charge >= 0.3 is 0 Å². The Labute approximate surface area is 267 Å². The molecule has 0 spiro atoms. The molecule has 5 heterocycles. The Hall–Kier alpha value is -4.03. The number of methoxy groups -OCH3 is 2. The number of hydrogen-bond donors (Lipinski definition) is 2. The molecule has 3 aromatic heterocycles. The van der Waals surface area contributed by atoms with Crippen molar-refractivity contribution in [3.8, 4) is 17.3 Å². The first-order valence-electron chi connectivity index (χ1n) is 16.2. The van der Waals surface area contributed by atoms with Crippen LogP contribution in [-0.2, 0) is 23.1 Å². The number of nitrogens with zero attached hydrogens (tertiary/aromatic N) is 5. The maximum Gasteiger partial charge on any atom is 0.254 e. The van der Waals surface area contributed by atoms with Crippen molar-refractivity contribution in [2.75, 3.05) is 27.3 Å². The molecule has 0 unspecified atom stereocenters. The van der Waals surface area contributed by atoms with Gasteiger partial charge in [0.1, 0.15) is 22.6 Å². The molecule has 2 bridgehead atoms. The number of nitrogens with two attached hydrogens (primary N) is 1. The number of carbonyl (C=O) groups is 2. The molecule has 46 heavy (non-hydrogen) atoms. The van der Waals surface area contributed by atoms with Crippen LogP contribution in [0.4, 0.5) is 4.39 Å². The Morgan fingerprint density at radius 1 is 1.13 bits per heavy atom. The van der Waals surface area contributed by atoms with E-state index in [4.69, 9.17) is 25.2 Å². The van der Waals surface area contributed by atoms with Crippen LogP contribution in [0.25, 0.3) is 33.6 Å². The summed E-state index contributed by atoms with van der Waals surface area (Å²) in [4.78, 5) is 38.3. The molecule has 3 aliphatic rings. The Morgan fingerprint density at radius 3 is 2.72 bits per heavy atom. The summed E-state index contributed by atoms with van der Waals surface area (Å²) in [5.41, 5.74) is 9.22. The first-order chi connectivity index (χ1) is 22.1. The van der Waals surface area contributed by atoms with Gasteiger partial charge in [-0.2, -0.15) is 0 Å². The number of benzene rings is 1. The second-order valence-corrected chi connectivity index (χ2v) is 13.2. The molecule has 5 atom stereocenters. The van der Waals surface area contributed by atoms with Crippen molar-refractivity contribution in [2.24, 2.45) is 18.7 Å². The lowest BCUT2D eigenvalue weighted by atomic mass is 10.0. The minimum Gasteiger partial charge on any atom is -0.494 e. The van der Waals surface area contributed by atoms with Crippen LogP contribution in [0.2, 0.25) is 0 Å². The van der Waals surface area contributed by atoms with Crippen molar-refractivity contribution < 1.29 is 23.5 Å². The standard InChI is InChI=1S/C34H42FN7O4/c1-19-24-9-8-20-15-26(42(30(20)38-24)12-7-5-6-11-34(35)17-22(34)32(43)37-19)31-39-25-14-21(16-28(46-4)29(25)40(31)2)33(44)41-13-10-27(45-3)23(36)18-41/h8-9,14-16,19,22-23,27H,5-7,10-13,17-18,36H2,1-4H3,(H,37,43)/t19-,22+,23+,27-,34+/m1/s1. The fourth-order valence-corrected chi connectivity index (χ4v) is 7.37. The lowest BCUT2D eigenvalue weighted by Gasteiger charge is -2.36. The van der Waals surface area contributed by atoms with Crippen LogP contribution in [0.15, 0.2) is 30.3 Å². The van der Waals surface area contributed by atoms with Gasteiger partial charge in [0.15, 0.2) is 5.82 Å². The number of amides is 2. The lowest BCUT2D eigenvalue weighted by molar-refractivity contribution is -0.124. The van der Waals surface area contributed by atoms with E-state index in [1.165, 1.54) is 0 Å². The van der Waals surface area contributed by atoms with E-state index in [-0.39, 0.29) is 30.0 Å². The lowest BCUT2D eigenvalue weighted by Crippen LogP contribution is -2.53. The van der Waals surface area contributed by atoms with Crippen molar-refractivity contribution in [1.29, 1.82) is 0 Å². The molecule has 3 N–H and O–H groups in total. The van der Waals surface area contributed by atoms with Crippen molar-refractivity contribution in [3.05, 3.63) is 41.6 Å². The van der Waals surface area contributed by atoms with Gasteiger partial charge in [0, 0.05) is 50.8 Å². The Balaban J connectivity index is 1.27. The Bertz CT molecular complexity index is 1840. The number of hydrogen-bond acceptors (Lipinski definition) is 7. The van der Waals surface area contributed by atoms with Gasteiger partial charge in [0.05, 0.1) is 42.1 Å². The molecule has 1 aromatic carbocycles. The second-order valence-electron chi connectivity index (χ2n) is 13.2. The van der Waals surface area contributed by atoms with Crippen LogP contribution >= 0.6 is 0 Å². The number of piperidine rings is 1. The largest absolute Gasteiger partial charge is 0.494 e. The number of rotatable bonds is 4. The number of imidazole rings is 1. The minimum absolute atomic E-state index is 0.0682. The molecular formula is C34H42FN7O4. The third-order valence-corrected chi connectivity index (χ3v) is 10.2. The fourth-order valence-electron chi connectivity index (χ4n) is 7.37. The SMILES string of the molecule is COc1cc(C(=O)N2CC[C@@H](OC)[C@@H](N)C2)cc2nc(-c3cc4ccc5nc4n3CCCCC[C@]3(F)C[C@H]3C(=O)N[C@@H]5C)n(C)c12. The number of nitrogens with one attached hydrogen (secondary N) is 1. The smallest absolute Gasteiger partial charge is 0.254 e. The molecule has 244 valence electrons. The third kappa shape index (κ3) is 5.21. The predicted molar refractivity (Wildman–Crippen MR) is 172 cm³/mol. The molecule has 1 saturated carbocycles. The second kappa shape index (κ2) is 11.6. The molecular weight excluding hydrogens is 589 g/mol. The Morgan fingerprint density at radius 2 is 1.96 bits per heavy atom. The fraction of sp³-hybridized carbons (Fsp3) is 0.529. The highest BCUT2D eigenvalue weighted by Crippen LogP contribution is 2.51. The van der Waals surface area contributed by atoms with Crippen LogP contribution in [0.1, 0.15) is 67.5 Å². The van der Waals surface area contributed by atoms with E-state index in [1.807, 2.05) is 36.7 Å². The number of carbonyl (C=O) groups excluding carboxylic acids is 2. The molecule has 11 nitrogen and oxygen atoms in total. The molecule has 1 aliphatic carbocycles. The summed E-state index contributed by atoms with van der Waals surface area (Å²) in [6.07, 6.45) is 3.70. The van der Waals surface area contributed by atoms with E-state index in [9.17, 15) is 9.59 Å². The van der Waals surface area contributed by atoms with Crippen molar-refractivity contribution in [3.63, 3.8) is 0 Å². The number of halogens is 1. The molecule has 0 radical (unpaired) electrons. The molecule has 2 amide bonds. The normalized spacial score (nSPS) is 27.0. The van der Waals surface area contributed by atoms with Gasteiger partial charge in [-0.25, -0.2) is 14.4 Å². The van der Waals surface area contributed by atoms with Crippen LogP contribution in [0.3, 0.4) is 0 Å². The minimum atomic E-state index is -1.40. The van der Waals surface area contributed by atoms with Crippen LogP contribution in [0.5, 0.6) is 5.75 Å². The van der Waals surface area contributed by atoms with E-state index in [2.05, 4.69) is 16.0 Å². The van der Waals surface area contributed by atoms with E-state index >= 15 is 4.39 Å². The highest BCUT2D eigenvalue weighted by atomic mass is 19.1. The summed E-state index contributed by atoms with van der Waals surface area (Å²) < 4.78 is 30.7. The van der Waals surface area contributed by atoms with Crippen LogP contribution in [-0.4, -0.2) is 80.9 Å². The molecule has 1 saturated heterocycles. The van der Waals surface area contributed by atoms with Gasteiger partial charge in [0.2, 0.25) is 5.91 Å². The molecule has 4 aromatic rings. The zero-order valence-corrected chi connectivity index (χ0v) is 26.9. The number of aromatic nitrogens is 4. The monoisotopic (exact) mass is 631 g/mol. The third-order valence-electron chi connectivity index (χ3n) is 10.2. The number of likely N-dealkylation sites (tertiary alicyclic amines) is 1. The topological polar surface area (TPSA) is 130 Å². The maximum absolute atomic E-state index is 15.2. The number of alkyl halides is 1. The van der Waals surface area contributed by atoms with E-state index in [0.29, 0.717) is 61.6 Å². The summed E-state index contributed by atoms with van der Waals surface area (Å²) in [6, 6.07) is 9.00. The number of pyridine rings is 1. The molecule has 7 rings (SSSR count).